The lowest BCUT2D eigenvalue weighted by atomic mass is 10.0. The average molecular weight is 338 g/mol. The molecule has 0 radical (unpaired) electrons. The largest absolute Gasteiger partial charge is 0.352 e. The number of carbonyl (C=O) groups excluding carboxylic acids is 2. The second-order valence-corrected chi connectivity index (χ2v) is 7.12. The second-order valence-electron chi connectivity index (χ2n) is 7.12. The number of amides is 2. The van der Waals surface area contributed by atoms with Gasteiger partial charge in [-0.2, -0.15) is 0 Å². The highest BCUT2D eigenvalue weighted by atomic mass is 16.2. The number of nitrogens with one attached hydrogen (secondary N) is 2. The molecule has 2 saturated heterocycles. The van der Waals surface area contributed by atoms with Crippen molar-refractivity contribution in [1.82, 2.24) is 20.4 Å². The Bertz CT molecular complexity index is 378. The summed E-state index contributed by atoms with van der Waals surface area (Å²) in [5, 5.41) is 6.26. The molecular formula is C18H34N4O2. The number of hydrogen-bond acceptors (Lipinski definition) is 4. The summed E-state index contributed by atoms with van der Waals surface area (Å²) in [6.07, 6.45) is 5.63. The molecular weight excluding hydrogens is 304 g/mol. The number of hydrogen-bond donors (Lipinski definition) is 2. The van der Waals surface area contributed by atoms with Gasteiger partial charge in [0, 0.05) is 51.1 Å². The molecule has 2 atom stereocenters. The molecule has 2 aliphatic rings. The summed E-state index contributed by atoms with van der Waals surface area (Å²) in [4.78, 5) is 28.1. The molecule has 0 unspecified atom stereocenters. The maximum absolute atomic E-state index is 11.6. The monoisotopic (exact) mass is 338 g/mol. The van der Waals surface area contributed by atoms with E-state index in [1.165, 1.54) is 0 Å². The summed E-state index contributed by atoms with van der Waals surface area (Å²) >= 11 is 0. The van der Waals surface area contributed by atoms with Crippen LogP contribution in [0.15, 0.2) is 0 Å². The van der Waals surface area contributed by atoms with E-state index in [1.807, 2.05) is 13.8 Å². The Kier molecular flexibility index (Phi) is 7.99. The van der Waals surface area contributed by atoms with Gasteiger partial charge in [0.15, 0.2) is 0 Å². The molecule has 2 N–H and O–H groups in total. The minimum Gasteiger partial charge on any atom is -0.352 e. The molecule has 0 aromatic heterocycles. The van der Waals surface area contributed by atoms with Crippen LogP contribution in [0.1, 0.15) is 52.4 Å². The standard InChI is InChI=1S/C18H34N4O2/c1-3-17(23)19-15-7-5-9-21(13-15)11-12-22-10-6-8-16(14-22)20-18(24)4-2/h15-16H,3-14H2,1-2H3,(H,19,23)(H,20,24)/t15-,16+. The molecule has 0 aromatic carbocycles. The maximum atomic E-state index is 11.6. The highest BCUT2D eigenvalue weighted by molar-refractivity contribution is 5.76. The molecule has 2 heterocycles. The minimum absolute atomic E-state index is 0.160. The van der Waals surface area contributed by atoms with Crippen molar-refractivity contribution in [2.75, 3.05) is 39.3 Å². The van der Waals surface area contributed by atoms with E-state index < -0.39 is 0 Å². The van der Waals surface area contributed by atoms with Crippen molar-refractivity contribution >= 4 is 11.8 Å². The van der Waals surface area contributed by atoms with Crippen LogP contribution in [-0.4, -0.2) is 73.0 Å². The Hall–Kier alpha value is -1.14. The zero-order chi connectivity index (χ0) is 17.4. The number of likely N-dealkylation sites (tertiary alicyclic amines) is 2. The van der Waals surface area contributed by atoms with Gasteiger partial charge in [-0.25, -0.2) is 0 Å². The molecule has 2 rings (SSSR count). The molecule has 6 nitrogen and oxygen atoms in total. The topological polar surface area (TPSA) is 64.7 Å². The van der Waals surface area contributed by atoms with Gasteiger partial charge in [0.1, 0.15) is 0 Å². The van der Waals surface area contributed by atoms with Crippen LogP contribution in [0.4, 0.5) is 0 Å². The maximum Gasteiger partial charge on any atom is 0.219 e. The van der Waals surface area contributed by atoms with Gasteiger partial charge < -0.3 is 20.4 Å². The average Bonchev–Trinajstić information content (AvgIpc) is 2.60. The third-order valence-electron chi connectivity index (χ3n) is 5.12. The van der Waals surface area contributed by atoms with E-state index >= 15 is 0 Å². The van der Waals surface area contributed by atoms with Crippen LogP contribution in [0.3, 0.4) is 0 Å². The lowest BCUT2D eigenvalue weighted by Gasteiger charge is -2.37. The van der Waals surface area contributed by atoms with Gasteiger partial charge in [-0.05, 0) is 38.8 Å². The molecule has 0 saturated carbocycles. The molecule has 24 heavy (non-hydrogen) atoms. The van der Waals surface area contributed by atoms with Crippen LogP contribution in [0.5, 0.6) is 0 Å². The predicted molar refractivity (Wildman–Crippen MR) is 95.8 cm³/mol. The van der Waals surface area contributed by atoms with Crippen molar-refractivity contribution in [2.24, 2.45) is 0 Å². The van der Waals surface area contributed by atoms with Crippen molar-refractivity contribution < 1.29 is 9.59 Å². The van der Waals surface area contributed by atoms with Crippen LogP contribution in [0.25, 0.3) is 0 Å². The fourth-order valence-electron chi connectivity index (χ4n) is 3.70. The van der Waals surface area contributed by atoms with Gasteiger partial charge in [-0.15, -0.1) is 0 Å². The smallest absolute Gasteiger partial charge is 0.219 e. The van der Waals surface area contributed by atoms with Crippen molar-refractivity contribution in [1.29, 1.82) is 0 Å². The first kappa shape index (κ1) is 19.2. The summed E-state index contributed by atoms with van der Waals surface area (Å²) in [6, 6.07) is 0.619. The predicted octanol–water partition coefficient (Wildman–Crippen LogP) is 0.968. The van der Waals surface area contributed by atoms with Crippen LogP contribution < -0.4 is 10.6 Å². The third kappa shape index (κ3) is 6.40. The molecule has 0 bridgehead atoms. The van der Waals surface area contributed by atoms with E-state index in [4.69, 9.17) is 0 Å². The second kappa shape index (κ2) is 9.99. The fraction of sp³-hybridized carbons (Fsp3) is 0.889. The summed E-state index contributed by atoms with van der Waals surface area (Å²) in [5.41, 5.74) is 0. The SMILES string of the molecule is CCC(=O)N[C@@H]1CCCN(CCN2CCC[C@H](NC(=O)CC)C2)C1. The van der Waals surface area contributed by atoms with Gasteiger partial charge in [-0.1, -0.05) is 13.8 Å². The Labute approximate surface area is 146 Å². The lowest BCUT2D eigenvalue weighted by molar-refractivity contribution is -0.122. The van der Waals surface area contributed by atoms with Crippen LogP contribution >= 0.6 is 0 Å². The zero-order valence-electron chi connectivity index (χ0n) is 15.4. The van der Waals surface area contributed by atoms with Crippen molar-refractivity contribution in [3.63, 3.8) is 0 Å². The van der Waals surface area contributed by atoms with Gasteiger partial charge in [0.25, 0.3) is 0 Å². The highest BCUT2D eigenvalue weighted by Gasteiger charge is 2.24. The molecule has 138 valence electrons. The Morgan fingerprint density at radius 2 is 1.25 bits per heavy atom. The van der Waals surface area contributed by atoms with E-state index in [9.17, 15) is 9.59 Å². The van der Waals surface area contributed by atoms with E-state index in [0.29, 0.717) is 24.9 Å². The summed E-state index contributed by atoms with van der Waals surface area (Å²) in [5.74, 6) is 0.319. The normalized spacial score (nSPS) is 26.1. The number of piperidine rings is 2. The Morgan fingerprint density at radius 3 is 1.62 bits per heavy atom. The summed E-state index contributed by atoms with van der Waals surface area (Å²) in [7, 11) is 0. The van der Waals surface area contributed by atoms with Gasteiger partial charge in [0.05, 0.1) is 0 Å². The van der Waals surface area contributed by atoms with Gasteiger partial charge >= 0.3 is 0 Å². The quantitative estimate of drug-likeness (QED) is 0.726. The van der Waals surface area contributed by atoms with Crippen LogP contribution in [0, 0.1) is 0 Å². The summed E-state index contributed by atoms with van der Waals surface area (Å²) in [6.45, 7) is 10.1. The molecule has 0 aromatic rings. The van der Waals surface area contributed by atoms with Crippen molar-refractivity contribution in [3.8, 4) is 0 Å². The molecule has 0 aliphatic carbocycles. The highest BCUT2D eigenvalue weighted by Crippen LogP contribution is 2.13. The van der Waals surface area contributed by atoms with E-state index in [1.54, 1.807) is 0 Å². The van der Waals surface area contributed by atoms with Gasteiger partial charge in [-0.3, -0.25) is 9.59 Å². The van der Waals surface area contributed by atoms with Crippen LogP contribution in [0.2, 0.25) is 0 Å². The summed E-state index contributed by atoms with van der Waals surface area (Å²) < 4.78 is 0. The molecule has 6 heteroatoms. The van der Waals surface area contributed by atoms with E-state index in [0.717, 1.165) is 65.0 Å². The molecule has 2 aliphatic heterocycles. The van der Waals surface area contributed by atoms with E-state index in [2.05, 4.69) is 20.4 Å². The van der Waals surface area contributed by atoms with Crippen molar-refractivity contribution in [2.45, 2.75) is 64.5 Å². The van der Waals surface area contributed by atoms with Crippen molar-refractivity contribution in [3.05, 3.63) is 0 Å². The molecule has 2 fully saturated rings. The first-order valence-corrected chi connectivity index (χ1v) is 9.64. The Balaban J connectivity index is 1.70. The first-order valence-electron chi connectivity index (χ1n) is 9.64. The third-order valence-corrected chi connectivity index (χ3v) is 5.12. The zero-order valence-corrected chi connectivity index (χ0v) is 15.4. The number of carbonyl (C=O) groups is 2. The van der Waals surface area contributed by atoms with Gasteiger partial charge in [0.2, 0.25) is 11.8 Å². The Morgan fingerprint density at radius 1 is 0.833 bits per heavy atom. The molecule has 2 amide bonds. The number of nitrogens with zero attached hydrogens (tertiary/aromatic N) is 2. The fourth-order valence-corrected chi connectivity index (χ4v) is 3.70. The lowest BCUT2D eigenvalue weighted by Crippen LogP contribution is -2.51. The molecule has 0 spiro atoms. The minimum atomic E-state index is 0.160. The van der Waals surface area contributed by atoms with E-state index in [-0.39, 0.29) is 11.8 Å². The first-order chi connectivity index (χ1) is 11.6. The number of rotatable bonds is 7. The van der Waals surface area contributed by atoms with Crippen LogP contribution in [-0.2, 0) is 9.59 Å².